The van der Waals surface area contributed by atoms with Crippen molar-refractivity contribution in [1.82, 2.24) is 15.3 Å². The van der Waals surface area contributed by atoms with Gasteiger partial charge < -0.3 is 10.2 Å². The number of aryl methyl sites for hydroxylation is 2. The molecule has 1 aliphatic rings. The molecule has 2 rings (SSSR count). The van der Waals surface area contributed by atoms with Gasteiger partial charge in [0, 0.05) is 26.2 Å². The average molecular weight is 271 g/mol. The van der Waals surface area contributed by atoms with Crippen LogP contribution in [-0.2, 0) is 0 Å². The summed E-state index contributed by atoms with van der Waals surface area (Å²) in [6.07, 6.45) is 0. The second kappa shape index (κ2) is 4.45. The maximum atomic E-state index is 4.50. The van der Waals surface area contributed by atoms with E-state index in [1.165, 1.54) is 0 Å². The highest BCUT2D eigenvalue weighted by Gasteiger charge is 2.16. The zero-order valence-electron chi connectivity index (χ0n) is 9.05. The highest BCUT2D eigenvalue weighted by atomic mass is 79.9. The molecule has 0 aliphatic carbocycles. The van der Waals surface area contributed by atoms with Crippen molar-refractivity contribution in [2.75, 3.05) is 31.1 Å². The minimum Gasteiger partial charge on any atom is -0.353 e. The lowest BCUT2D eigenvalue weighted by Gasteiger charge is -2.29. The molecule has 0 amide bonds. The van der Waals surface area contributed by atoms with Crippen LogP contribution < -0.4 is 10.2 Å². The number of nitrogens with one attached hydrogen (secondary N) is 1. The number of aromatic nitrogens is 2. The van der Waals surface area contributed by atoms with Gasteiger partial charge in [0.25, 0.3) is 0 Å². The van der Waals surface area contributed by atoms with Crippen molar-refractivity contribution in [3.8, 4) is 0 Å². The quantitative estimate of drug-likeness (QED) is 0.835. The lowest BCUT2D eigenvalue weighted by Crippen LogP contribution is -2.44. The number of hydrogen-bond acceptors (Lipinski definition) is 4. The van der Waals surface area contributed by atoms with Crippen molar-refractivity contribution in [3.63, 3.8) is 0 Å². The van der Waals surface area contributed by atoms with Gasteiger partial charge in [-0.15, -0.1) is 0 Å². The SMILES string of the molecule is Cc1nc(C)c(Br)c(N2CCNCC2)n1. The fraction of sp³-hybridized carbons (Fsp3) is 0.600. The normalized spacial score (nSPS) is 16.9. The van der Waals surface area contributed by atoms with E-state index in [2.05, 4.69) is 36.1 Å². The molecule has 0 atom stereocenters. The van der Waals surface area contributed by atoms with Gasteiger partial charge in [0.1, 0.15) is 11.6 Å². The van der Waals surface area contributed by atoms with E-state index in [9.17, 15) is 0 Å². The summed E-state index contributed by atoms with van der Waals surface area (Å²) in [5.74, 6) is 1.87. The van der Waals surface area contributed by atoms with Crippen LogP contribution in [0, 0.1) is 13.8 Å². The van der Waals surface area contributed by atoms with Gasteiger partial charge in [-0.1, -0.05) is 0 Å². The number of hydrogen-bond donors (Lipinski definition) is 1. The summed E-state index contributed by atoms with van der Waals surface area (Å²) in [4.78, 5) is 11.1. The zero-order chi connectivity index (χ0) is 10.8. The Labute approximate surface area is 98.2 Å². The van der Waals surface area contributed by atoms with Crippen molar-refractivity contribution < 1.29 is 0 Å². The van der Waals surface area contributed by atoms with E-state index >= 15 is 0 Å². The fourth-order valence-corrected chi connectivity index (χ4v) is 2.20. The first-order valence-corrected chi connectivity index (χ1v) is 5.94. The molecule has 4 nitrogen and oxygen atoms in total. The van der Waals surface area contributed by atoms with Gasteiger partial charge in [-0.05, 0) is 29.8 Å². The van der Waals surface area contributed by atoms with E-state index in [0.29, 0.717) is 0 Å². The van der Waals surface area contributed by atoms with Gasteiger partial charge in [-0.3, -0.25) is 0 Å². The summed E-state index contributed by atoms with van der Waals surface area (Å²) in [6, 6.07) is 0. The van der Waals surface area contributed by atoms with Crippen LogP contribution in [0.5, 0.6) is 0 Å². The Kier molecular flexibility index (Phi) is 3.21. The molecule has 0 unspecified atom stereocenters. The lowest BCUT2D eigenvalue weighted by molar-refractivity contribution is 0.583. The molecule has 0 bridgehead atoms. The standard InChI is InChI=1S/C10H15BrN4/c1-7-9(11)10(14-8(2)13-7)15-5-3-12-4-6-15/h12H,3-6H2,1-2H3. The zero-order valence-corrected chi connectivity index (χ0v) is 10.6. The predicted octanol–water partition coefficient (Wildman–Crippen LogP) is 1.27. The van der Waals surface area contributed by atoms with E-state index in [-0.39, 0.29) is 0 Å². The summed E-state index contributed by atoms with van der Waals surface area (Å²) >= 11 is 3.56. The molecule has 5 heteroatoms. The molecule has 1 fully saturated rings. The average Bonchev–Trinajstić information content (AvgIpc) is 2.24. The first-order valence-electron chi connectivity index (χ1n) is 5.15. The van der Waals surface area contributed by atoms with Gasteiger partial charge >= 0.3 is 0 Å². The predicted molar refractivity (Wildman–Crippen MR) is 64.3 cm³/mol. The molecular weight excluding hydrogens is 256 g/mol. The molecule has 1 saturated heterocycles. The molecule has 2 heterocycles. The van der Waals surface area contributed by atoms with Crippen LogP contribution in [0.25, 0.3) is 0 Å². The summed E-state index contributed by atoms with van der Waals surface area (Å²) in [5, 5.41) is 3.33. The van der Waals surface area contributed by atoms with Gasteiger partial charge in [-0.2, -0.15) is 0 Å². The third-order valence-electron chi connectivity index (χ3n) is 2.53. The molecule has 15 heavy (non-hydrogen) atoms. The highest BCUT2D eigenvalue weighted by molar-refractivity contribution is 9.10. The topological polar surface area (TPSA) is 41.1 Å². The molecule has 1 aromatic heterocycles. The number of anilines is 1. The van der Waals surface area contributed by atoms with E-state index < -0.39 is 0 Å². The van der Waals surface area contributed by atoms with E-state index in [4.69, 9.17) is 0 Å². The van der Waals surface area contributed by atoms with Crippen LogP contribution in [0.1, 0.15) is 11.5 Å². The molecule has 1 N–H and O–H groups in total. The van der Waals surface area contributed by atoms with Crippen molar-refractivity contribution in [2.24, 2.45) is 0 Å². The van der Waals surface area contributed by atoms with Crippen LogP contribution in [-0.4, -0.2) is 36.1 Å². The van der Waals surface area contributed by atoms with Crippen LogP contribution in [0.3, 0.4) is 0 Å². The van der Waals surface area contributed by atoms with Crippen molar-refractivity contribution in [1.29, 1.82) is 0 Å². The molecule has 82 valence electrons. The first kappa shape index (κ1) is 10.8. The molecule has 1 aliphatic heterocycles. The van der Waals surface area contributed by atoms with Gasteiger partial charge in [0.2, 0.25) is 0 Å². The van der Waals surface area contributed by atoms with Crippen LogP contribution in [0.15, 0.2) is 4.47 Å². The maximum absolute atomic E-state index is 4.50. The molecule has 0 spiro atoms. The number of rotatable bonds is 1. The van der Waals surface area contributed by atoms with Gasteiger partial charge in [0.15, 0.2) is 0 Å². The summed E-state index contributed by atoms with van der Waals surface area (Å²) in [6.45, 7) is 8.00. The third-order valence-corrected chi connectivity index (χ3v) is 3.46. The highest BCUT2D eigenvalue weighted by Crippen LogP contribution is 2.26. The fourth-order valence-electron chi connectivity index (χ4n) is 1.77. The Morgan fingerprint density at radius 1 is 1.20 bits per heavy atom. The molecule has 0 radical (unpaired) electrons. The Bertz CT molecular complexity index is 361. The Hall–Kier alpha value is -0.680. The van der Waals surface area contributed by atoms with Crippen molar-refractivity contribution in [2.45, 2.75) is 13.8 Å². The van der Waals surface area contributed by atoms with Crippen LogP contribution in [0.4, 0.5) is 5.82 Å². The molecule has 0 aromatic carbocycles. The smallest absolute Gasteiger partial charge is 0.147 e. The van der Waals surface area contributed by atoms with Crippen LogP contribution in [0.2, 0.25) is 0 Å². The first-order chi connectivity index (χ1) is 7.18. The van der Waals surface area contributed by atoms with Crippen LogP contribution >= 0.6 is 15.9 Å². The number of halogens is 1. The Morgan fingerprint density at radius 2 is 1.87 bits per heavy atom. The third kappa shape index (κ3) is 2.29. The summed E-state index contributed by atoms with van der Waals surface area (Å²) < 4.78 is 1.02. The van der Waals surface area contributed by atoms with Gasteiger partial charge in [-0.25, -0.2) is 9.97 Å². The minimum atomic E-state index is 0.837. The van der Waals surface area contributed by atoms with E-state index in [1.807, 2.05) is 13.8 Å². The molecular formula is C10H15BrN4. The number of piperazine rings is 1. The molecule has 0 saturated carbocycles. The van der Waals surface area contributed by atoms with E-state index in [1.54, 1.807) is 0 Å². The number of nitrogens with zero attached hydrogens (tertiary/aromatic N) is 3. The second-order valence-corrected chi connectivity index (χ2v) is 4.52. The van der Waals surface area contributed by atoms with Gasteiger partial charge in [0.05, 0.1) is 10.2 Å². The van der Waals surface area contributed by atoms with Crippen molar-refractivity contribution >= 4 is 21.7 Å². The molecule has 1 aromatic rings. The minimum absolute atomic E-state index is 0.837. The Morgan fingerprint density at radius 3 is 2.53 bits per heavy atom. The second-order valence-electron chi connectivity index (χ2n) is 3.73. The summed E-state index contributed by atoms with van der Waals surface area (Å²) in [7, 11) is 0. The Balaban J connectivity index is 2.33. The monoisotopic (exact) mass is 270 g/mol. The lowest BCUT2D eigenvalue weighted by atomic mass is 10.3. The maximum Gasteiger partial charge on any atom is 0.147 e. The van der Waals surface area contributed by atoms with Crippen molar-refractivity contribution in [3.05, 3.63) is 16.0 Å². The van der Waals surface area contributed by atoms with E-state index in [0.717, 1.165) is 48.0 Å². The largest absolute Gasteiger partial charge is 0.353 e. The summed E-state index contributed by atoms with van der Waals surface area (Å²) in [5.41, 5.74) is 1.01.